The molecule has 2 atom stereocenters. The molecule has 0 radical (unpaired) electrons. The van der Waals surface area contributed by atoms with Gasteiger partial charge in [-0.2, -0.15) is 0 Å². The van der Waals surface area contributed by atoms with E-state index in [2.05, 4.69) is 5.32 Å². The molecule has 13 nitrogen and oxygen atoms in total. The summed E-state index contributed by atoms with van der Waals surface area (Å²) >= 11 is 0. The van der Waals surface area contributed by atoms with Crippen LogP contribution in [0.3, 0.4) is 0 Å². The highest BCUT2D eigenvalue weighted by Crippen LogP contribution is 2.41. The van der Waals surface area contributed by atoms with Crippen molar-refractivity contribution in [2.45, 2.75) is 43.9 Å². The highest BCUT2D eigenvalue weighted by atomic mass is 32.2. The number of non-ortho nitro benzene ring substituents is 1. The van der Waals surface area contributed by atoms with Crippen LogP contribution in [0.25, 0.3) is 0 Å². The fourth-order valence-electron chi connectivity index (χ4n) is 4.41. The molecule has 14 heteroatoms. The predicted octanol–water partition coefficient (Wildman–Crippen LogP) is 0.686. The summed E-state index contributed by atoms with van der Waals surface area (Å²) in [6, 6.07) is 4.84. The highest BCUT2D eigenvalue weighted by molar-refractivity contribution is 7.91. The number of hydrogen-bond acceptors (Lipinski definition) is 11. The van der Waals surface area contributed by atoms with E-state index in [-0.39, 0.29) is 62.4 Å². The molecule has 2 aliphatic heterocycles. The molecule has 2 fully saturated rings. The van der Waals surface area contributed by atoms with Crippen molar-refractivity contribution in [1.29, 1.82) is 0 Å². The Morgan fingerprint density at radius 1 is 1.16 bits per heavy atom. The summed E-state index contributed by atoms with van der Waals surface area (Å²) in [5.74, 6) is -2.65. The molecule has 0 aliphatic carbocycles. The maximum absolute atomic E-state index is 12.6. The Kier molecular flexibility index (Phi) is 9.70. The van der Waals surface area contributed by atoms with E-state index in [1.54, 1.807) is 0 Å². The Hall–Kier alpha value is -2.94. The number of nitrogens with one attached hydrogen (secondary N) is 1. The van der Waals surface area contributed by atoms with Crippen LogP contribution < -0.4 is 5.32 Å². The van der Waals surface area contributed by atoms with Crippen LogP contribution in [-0.2, 0) is 49.8 Å². The van der Waals surface area contributed by atoms with E-state index in [1.807, 2.05) is 0 Å². The Labute approximate surface area is 213 Å². The zero-order valence-electron chi connectivity index (χ0n) is 20.4. The lowest BCUT2D eigenvalue weighted by atomic mass is 9.71. The van der Waals surface area contributed by atoms with Crippen LogP contribution >= 0.6 is 0 Å². The fraction of sp³-hybridized carbons (Fsp3) is 0.609. The lowest BCUT2D eigenvalue weighted by Crippen LogP contribution is -2.69. The number of β-lactam (4-membered cyclic amide) rings is 1. The van der Waals surface area contributed by atoms with Crippen molar-refractivity contribution in [3.05, 3.63) is 39.9 Å². The van der Waals surface area contributed by atoms with Crippen LogP contribution in [0.5, 0.6) is 0 Å². The van der Waals surface area contributed by atoms with Gasteiger partial charge in [0.25, 0.3) is 5.69 Å². The second-order valence-corrected chi connectivity index (χ2v) is 11.3. The van der Waals surface area contributed by atoms with Crippen molar-refractivity contribution in [2.75, 3.05) is 38.6 Å². The quantitative estimate of drug-likeness (QED) is 0.0665. The van der Waals surface area contributed by atoms with Crippen molar-refractivity contribution in [2.24, 2.45) is 5.92 Å². The van der Waals surface area contributed by atoms with Crippen LogP contribution in [0.15, 0.2) is 24.3 Å². The van der Waals surface area contributed by atoms with Crippen LogP contribution in [0.2, 0.25) is 0 Å². The predicted molar refractivity (Wildman–Crippen MR) is 127 cm³/mol. The number of carbonyl (C=O) groups is 3. The van der Waals surface area contributed by atoms with E-state index in [9.17, 15) is 32.9 Å². The number of nitrogens with zero attached hydrogens (tertiary/aromatic N) is 1. The summed E-state index contributed by atoms with van der Waals surface area (Å²) in [5.41, 5.74) is -0.680. The maximum atomic E-state index is 12.6. The number of methoxy groups -OCH3 is 1. The average molecular weight is 543 g/mol. The number of amides is 1. The van der Waals surface area contributed by atoms with Gasteiger partial charge in [0, 0.05) is 25.7 Å². The first-order valence-electron chi connectivity index (χ1n) is 11.7. The normalized spacial score (nSPS) is 21.9. The van der Waals surface area contributed by atoms with E-state index in [0.29, 0.717) is 12.2 Å². The zero-order valence-corrected chi connectivity index (χ0v) is 21.2. The van der Waals surface area contributed by atoms with E-state index < -0.39 is 50.5 Å². The third kappa shape index (κ3) is 7.77. The number of ketones is 1. The Morgan fingerprint density at radius 3 is 2.43 bits per heavy atom. The number of carbonyl (C=O) groups excluding carboxylic acids is 3. The second-order valence-electron chi connectivity index (χ2n) is 8.98. The van der Waals surface area contributed by atoms with Gasteiger partial charge in [-0.05, 0) is 30.5 Å². The van der Waals surface area contributed by atoms with Gasteiger partial charge in [-0.1, -0.05) is 0 Å². The first-order valence-corrected chi connectivity index (χ1v) is 13.5. The fourth-order valence-corrected chi connectivity index (χ4v) is 5.93. The Morgan fingerprint density at radius 2 is 1.84 bits per heavy atom. The van der Waals surface area contributed by atoms with E-state index >= 15 is 0 Å². The summed E-state index contributed by atoms with van der Waals surface area (Å²) in [6.07, 6.45) is -0.494. The average Bonchev–Trinajstić information content (AvgIpc) is 2.84. The first kappa shape index (κ1) is 28.6. The molecule has 37 heavy (non-hydrogen) atoms. The molecule has 0 bridgehead atoms. The van der Waals surface area contributed by atoms with E-state index in [4.69, 9.17) is 18.9 Å². The SMILES string of the molecule is COCCOCOC1([C@@H]2C(=O)N[C@@H]2CC(=O)CC(=O)OCc2ccc([N+](=O)[O-])cc2)CCS(=O)(=O)CC1. The van der Waals surface area contributed by atoms with Crippen LogP contribution in [0, 0.1) is 16.0 Å². The largest absolute Gasteiger partial charge is 0.460 e. The van der Waals surface area contributed by atoms with Gasteiger partial charge in [-0.25, -0.2) is 8.42 Å². The minimum atomic E-state index is -3.25. The van der Waals surface area contributed by atoms with Crippen molar-refractivity contribution in [3.63, 3.8) is 0 Å². The summed E-state index contributed by atoms with van der Waals surface area (Å²) < 4.78 is 45.3. The minimum Gasteiger partial charge on any atom is -0.460 e. The number of benzene rings is 1. The number of nitro benzene ring substituents is 1. The third-order valence-electron chi connectivity index (χ3n) is 6.45. The summed E-state index contributed by atoms with van der Waals surface area (Å²) in [6.45, 7) is 0.280. The van der Waals surface area contributed by atoms with Crippen molar-refractivity contribution >= 4 is 33.2 Å². The van der Waals surface area contributed by atoms with Crippen molar-refractivity contribution in [1.82, 2.24) is 5.32 Å². The zero-order chi connectivity index (χ0) is 27.1. The highest BCUT2D eigenvalue weighted by Gasteiger charge is 2.56. The molecule has 0 aromatic heterocycles. The molecule has 1 N–H and O–H groups in total. The standard InChI is InChI=1S/C23H30N2O11S/c1-33-8-9-34-15-36-23(6-10-37(31,32)11-7-23)21-19(24-22(21)28)12-18(26)13-20(27)35-14-16-2-4-17(5-3-16)25(29)30/h2-5,19,21H,6-15H2,1H3,(H,24,28)/t19-,21+/m1/s1. The molecule has 2 heterocycles. The summed E-state index contributed by atoms with van der Waals surface area (Å²) in [7, 11) is -1.74. The molecule has 0 unspecified atom stereocenters. The summed E-state index contributed by atoms with van der Waals surface area (Å²) in [5, 5.41) is 13.4. The number of ether oxygens (including phenoxy) is 4. The second kappa shape index (κ2) is 12.5. The lowest BCUT2D eigenvalue weighted by Gasteiger charge is -2.50. The van der Waals surface area contributed by atoms with Crippen molar-refractivity contribution < 1.29 is 46.7 Å². The molecule has 1 aromatic rings. The lowest BCUT2D eigenvalue weighted by molar-refractivity contribution is -0.384. The van der Waals surface area contributed by atoms with Gasteiger partial charge >= 0.3 is 5.97 Å². The smallest absolute Gasteiger partial charge is 0.313 e. The van der Waals surface area contributed by atoms with Gasteiger partial charge in [0.05, 0.1) is 47.2 Å². The van der Waals surface area contributed by atoms with Gasteiger partial charge in [0.15, 0.2) is 9.84 Å². The molecule has 2 saturated heterocycles. The number of nitro groups is 1. The molecule has 1 aromatic carbocycles. The molecular formula is C23H30N2O11S. The number of hydrogen-bond donors (Lipinski definition) is 1. The third-order valence-corrected chi connectivity index (χ3v) is 8.10. The van der Waals surface area contributed by atoms with Gasteiger partial charge in [0.2, 0.25) is 5.91 Å². The molecule has 204 valence electrons. The molecule has 3 rings (SSSR count). The topological polar surface area (TPSA) is 177 Å². The molecular weight excluding hydrogens is 512 g/mol. The Bertz CT molecular complexity index is 1090. The van der Waals surface area contributed by atoms with Crippen LogP contribution in [0.1, 0.15) is 31.2 Å². The van der Waals surface area contributed by atoms with Crippen molar-refractivity contribution in [3.8, 4) is 0 Å². The summed E-state index contributed by atoms with van der Waals surface area (Å²) in [4.78, 5) is 47.4. The molecule has 0 saturated carbocycles. The molecule has 2 aliphatic rings. The monoisotopic (exact) mass is 542 g/mol. The number of rotatable bonds is 14. The van der Waals surface area contributed by atoms with Gasteiger partial charge in [-0.3, -0.25) is 24.5 Å². The van der Waals surface area contributed by atoms with Gasteiger partial charge in [0.1, 0.15) is 25.6 Å². The minimum absolute atomic E-state index is 0.0863. The Balaban J connectivity index is 1.54. The van der Waals surface area contributed by atoms with E-state index in [1.165, 1.54) is 31.4 Å². The maximum Gasteiger partial charge on any atom is 0.313 e. The first-order chi connectivity index (χ1) is 17.5. The van der Waals surface area contributed by atoms with Crippen LogP contribution in [-0.4, -0.2) is 81.3 Å². The van der Waals surface area contributed by atoms with E-state index in [0.717, 1.165) is 0 Å². The van der Waals surface area contributed by atoms with Gasteiger partial charge < -0.3 is 24.3 Å². The van der Waals surface area contributed by atoms with Gasteiger partial charge in [-0.15, -0.1) is 0 Å². The number of esters is 1. The molecule has 0 spiro atoms. The van der Waals surface area contributed by atoms with Crippen LogP contribution in [0.4, 0.5) is 5.69 Å². The number of sulfone groups is 1. The molecule has 1 amide bonds. The number of Topliss-reactive ketones (excluding diaryl/α,β-unsaturated/α-hetero) is 1.